The minimum absolute atomic E-state index is 0.0105. The van der Waals surface area contributed by atoms with E-state index < -0.39 is 0 Å². The van der Waals surface area contributed by atoms with Gasteiger partial charge in [-0.3, -0.25) is 4.79 Å². The third-order valence-electron chi connectivity index (χ3n) is 2.48. The summed E-state index contributed by atoms with van der Waals surface area (Å²) in [4.78, 5) is 13.7. The zero-order chi connectivity index (χ0) is 11.6. The molecular weight excluding hydrogens is 258 g/mol. The Labute approximate surface area is 98.6 Å². The van der Waals surface area contributed by atoms with Crippen LogP contribution in [0.4, 0.5) is 0 Å². The van der Waals surface area contributed by atoms with Gasteiger partial charge in [0.2, 0.25) is 0 Å². The molecule has 0 saturated heterocycles. The number of alkyl halides is 1. The van der Waals surface area contributed by atoms with Gasteiger partial charge in [-0.1, -0.05) is 15.9 Å². The Morgan fingerprint density at radius 1 is 1.60 bits per heavy atom. The van der Waals surface area contributed by atoms with E-state index in [1.54, 1.807) is 18.0 Å². The van der Waals surface area contributed by atoms with Gasteiger partial charge < -0.3 is 9.32 Å². The summed E-state index contributed by atoms with van der Waals surface area (Å²) >= 11 is 3.36. The second-order valence-electron chi connectivity index (χ2n) is 3.75. The number of aryl methyl sites for hydroxylation is 2. The molecule has 3 nitrogen and oxygen atoms in total. The Balaban J connectivity index is 2.89. The number of hydrogen-bond donors (Lipinski definition) is 0. The number of nitrogens with zero attached hydrogens (tertiary/aromatic N) is 1. The molecule has 0 spiro atoms. The molecule has 84 valence electrons. The predicted octanol–water partition coefficient (Wildman–Crippen LogP) is 2.75. The fourth-order valence-corrected chi connectivity index (χ4v) is 1.77. The van der Waals surface area contributed by atoms with Gasteiger partial charge in [-0.15, -0.1) is 0 Å². The Morgan fingerprint density at radius 2 is 2.20 bits per heavy atom. The average Bonchev–Trinajstić information content (AvgIpc) is 2.54. The van der Waals surface area contributed by atoms with Gasteiger partial charge in [0.05, 0.1) is 5.56 Å². The smallest absolute Gasteiger partial charge is 0.257 e. The van der Waals surface area contributed by atoms with Crippen molar-refractivity contribution in [2.45, 2.75) is 26.8 Å². The zero-order valence-corrected chi connectivity index (χ0v) is 11.1. The molecule has 15 heavy (non-hydrogen) atoms. The monoisotopic (exact) mass is 273 g/mol. The van der Waals surface area contributed by atoms with E-state index in [2.05, 4.69) is 15.9 Å². The van der Waals surface area contributed by atoms with Crippen molar-refractivity contribution < 1.29 is 9.21 Å². The minimum Gasteiger partial charge on any atom is -0.466 e. The van der Waals surface area contributed by atoms with Crippen molar-refractivity contribution in [1.82, 2.24) is 4.90 Å². The molecule has 0 aromatic carbocycles. The Morgan fingerprint density at radius 3 is 2.60 bits per heavy atom. The van der Waals surface area contributed by atoms with E-state index in [-0.39, 0.29) is 11.9 Å². The summed E-state index contributed by atoms with van der Waals surface area (Å²) in [5.41, 5.74) is 0.655. The van der Waals surface area contributed by atoms with Crippen LogP contribution in [0, 0.1) is 13.8 Å². The van der Waals surface area contributed by atoms with Crippen LogP contribution >= 0.6 is 15.9 Å². The van der Waals surface area contributed by atoms with Crippen molar-refractivity contribution in [2.75, 3.05) is 12.4 Å². The number of furan rings is 1. The number of hydrogen-bond acceptors (Lipinski definition) is 2. The molecule has 0 aliphatic rings. The lowest BCUT2D eigenvalue weighted by Gasteiger charge is -2.22. The Kier molecular flexibility index (Phi) is 3.97. The average molecular weight is 274 g/mol. The van der Waals surface area contributed by atoms with Crippen LogP contribution in [0.25, 0.3) is 0 Å². The molecule has 1 aromatic heterocycles. The van der Waals surface area contributed by atoms with E-state index in [4.69, 9.17) is 4.42 Å². The Bertz CT molecular complexity index is 359. The van der Waals surface area contributed by atoms with Crippen molar-refractivity contribution >= 4 is 21.8 Å². The highest BCUT2D eigenvalue weighted by molar-refractivity contribution is 9.09. The maximum absolute atomic E-state index is 12.0. The molecule has 4 heteroatoms. The number of rotatable bonds is 3. The normalized spacial score (nSPS) is 12.6. The first-order chi connectivity index (χ1) is 6.97. The van der Waals surface area contributed by atoms with Crippen molar-refractivity contribution in [2.24, 2.45) is 0 Å². The largest absolute Gasteiger partial charge is 0.466 e. The highest BCUT2D eigenvalue weighted by Gasteiger charge is 2.20. The van der Waals surface area contributed by atoms with Gasteiger partial charge in [0, 0.05) is 18.4 Å². The first-order valence-corrected chi connectivity index (χ1v) is 5.99. The third kappa shape index (κ3) is 2.62. The SMILES string of the molecule is Cc1cc(C(=O)N(C)C(C)CBr)c(C)o1. The number of amides is 1. The lowest BCUT2D eigenvalue weighted by atomic mass is 10.2. The van der Waals surface area contributed by atoms with Crippen LogP contribution in [0.3, 0.4) is 0 Å². The van der Waals surface area contributed by atoms with Crippen LogP contribution in [-0.2, 0) is 0 Å². The summed E-state index contributed by atoms with van der Waals surface area (Å²) in [5.74, 6) is 1.47. The molecule has 1 rings (SSSR count). The minimum atomic E-state index is 0.0105. The van der Waals surface area contributed by atoms with Crippen molar-refractivity contribution in [1.29, 1.82) is 0 Å². The lowest BCUT2D eigenvalue weighted by Crippen LogP contribution is -2.36. The van der Waals surface area contributed by atoms with Gasteiger partial charge >= 0.3 is 0 Å². The maximum Gasteiger partial charge on any atom is 0.257 e. The van der Waals surface area contributed by atoms with Gasteiger partial charge in [0.25, 0.3) is 5.91 Å². The maximum atomic E-state index is 12.0. The predicted molar refractivity (Wildman–Crippen MR) is 63.5 cm³/mol. The van der Waals surface area contributed by atoms with E-state index in [1.165, 1.54) is 0 Å². The first kappa shape index (κ1) is 12.3. The van der Waals surface area contributed by atoms with E-state index in [0.29, 0.717) is 11.3 Å². The van der Waals surface area contributed by atoms with Crippen molar-refractivity contribution in [3.05, 3.63) is 23.2 Å². The first-order valence-electron chi connectivity index (χ1n) is 4.87. The third-order valence-corrected chi connectivity index (χ3v) is 3.41. The molecule has 1 atom stereocenters. The highest BCUT2D eigenvalue weighted by atomic mass is 79.9. The molecule has 0 aliphatic carbocycles. The lowest BCUT2D eigenvalue weighted by molar-refractivity contribution is 0.0756. The summed E-state index contributed by atoms with van der Waals surface area (Å²) in [6, 6.07) is 1.96. The van der Waals surface area contributed by atoms with E-state index in [9.17, 15) is 4.79 Å². The molecule has 1 unspecified atom stereocenters. The van der Waals surface area contributed by atoms with Gasteiger partial charge in [-0.2, -0.15) is 0 Å². The van der Waals surface area contributed by atoms with Gasteiger partial charge in [0.15, 0.2) is 0 Å². The number of halogens is 1. The van der Waals surface area contributed by atoms with Gasteiger partial charge in [0.1, 0.15) is 11.5 Å². The molecule has 0 fully saturated rings. The quantitative estimate of drug-likeness (QED) is 0.794. The zero-order valence-electron chi connectivity index (χ0n) is 9.50. The van der Waals surface area contributed by atoms with Crippen LogP contribution in [0.15, 0.2) is 10.5 Å². The molecule has 0 radical (unpaired) electrons. The molecule has 0 N–H and O–H groups in total. The van der Waals surface area contributed by atoms with Crippen molar-refractivity contribution in [3.8, 4) is 0 Å². The Hall–Kier alpha value is -0.770. The highest BCUT2D eigenvalue weighted by Crippen LogP contribution is 2.16. The molecule has 1 heterocycles. The van der Waals surface area contributed by atoms with Gasteiger partial charge in [-0.25, -0.2) is 0 Å². The summed E-state index contributed by atoms with van der Waals surface area (Å²) in [7, 11) is 1.80. The van der Waals surface area contributed by atoms with Crippen LogP contribution in [-0.4, -0.2) is 29.2 Å². The topological polar surface area (TPSA) is 33.5 Å². The fourth-order valence-electron chi connectivity index (χ4n) is 1.34. The van der Waals surface area contributed by atoms with Crippen LogP contribution < -0.4 is 0 Å². The fraction of sp³-hybridized carbons (Fsp3) is 0.545. The van der Waals surface area contributed by atoms with E-state index in [0.717, 1.165) is 11.1 Å². The molecule has 0 saturated carbocycles. The second-order valence-corrected chi connectivity index (χ2v) is 4.39. The number of carbonyl (C=O) groups excluding carboxylic acids is 1. The summed E-state index contributed by atoms with van der Waals surface area (Å²) in [5, 5.41) is 0.769. The van der Waals surface area contributed by atoms with E-state index in [1.807, 2.05) is 20.8 Å². The molecule has 0 aliphatic heterocycles. The molecular formula is C11H16BrNO2. The van der Waals surface area contributed by atoms with Crippen LogP contribution in [0.5, 0.6) is 0 Å². The summed E-state index contributed by atoms with van der Waals surface area (Å²) < 4.78 is 5.34. The standard InChI is InChI=1S/C11H16BrNO2/c1-7(6-12)13(4)11(14)10-5-8(2)15-9(10)3/h5,7H,6H2,1-4H3. The molecule has 1 amide bonds. The van der Waals surface area contributed by atoms with Gasteiger partial charge in [-0.05, 0) is 26.8 Å². The number of carbonyl (C=O) groups is 1. The van der Waals surface area contributed by atoms with E-state index >= 15 is 0 Å². The molecule has 1 aromatic rings. The summed E-state index contributed by atoms with van der Waals surface area (Å²) in [6.07, 6.45) is 0. The molecule has 0 bridgehead atoms. The van der Waals surface area contributed by atoms with Crippen molar-refractivity contribution in [3.63, 3.8) is 0 Å². The second kappa shape index (κ2) is 4.84. The summed E-state index contributed by atoms with van der Waals surface area (Å²) in [6.45, 7) is 5.65. The van der Waals surface area contributed by atoms with Crippen LogP contribution in [0.2, 0.25) is 0 Å². The van der Waals surface area contributed by atoms with Crippen LogP contribution in [0.1, 0.15) is 28.8 Å².